The maximum atomic E-state index is 6.23. The van der Waals surface area contributed by atoms with E-state index in [0.717, 1.165) is 37.4 Å². The van der Waals surface area contributed by atoms with E-state index in [1.54, 1.807) is 6.20 Å². The number of pyridine rings is 1. The molecule has 0 spiro atoms. The molecule has 0 saturated carbocycles. The van der Waals surface area contributed by atoms with Crippen molar-refractivity contribution in [3.8, 4) is 0 Å². The fourth-order valence-electron chi connectivity index (χ4n) is 2.09. The Morgan fingerprint density at radius 3 is 2.82 bits per heavy atom. The summed E-state index contributed by atoms with van der Waals surface area (Å²) >= 11 is 6.23. The van der Waals surface area contributed by atoms with Crippen LogP contribution in [0.4, 0.5) is 5.82 Å². The lowest BCUT2D eigenvalue weighted by atomic mass is 10.1. The minimum Gasteiger partial charge on any atom is -0.381 e. The highest BCUT2D eigenvalue weighted by Gasteiger charge is 2.21. The maximum Gasteiger partial charge on any atom is 0.147 e. The van der Waals surface area contributed by atoms with Gasteiger partial charge in [-0.05, 0) is 24.5 Å². The SMILES string of the molecule is CN(c1ncc(CN)cc1Cl)C1CCOCC1. The number of anilines is 1. The molecule has 2 heterocycles. The van der Waals surface area contributed by atoms with Crippen LogP contribution in [0.5, 0.6) is 0 Å². The van der Waals surface area contributed by atoms with E-state index in [1.807, 2.05) is 13.1 Å². The number of halogens is 1. The molecule has 1 saturated heterocycles. The summed E-state index contributed by atoms with van der Waals surface area (Å²) in [7, 11) is 2.03. The van der Waals surface area contributed by atoms with Crippen molar-refractivity contribution < 1.29 is 4.74 Å². The van der Waals surface area contributed by atoms with Gasteiger partial charge in [-0.15, -0.1) is 0 Å². The van der Waals surface area contributed by atoms with E-state index in [0.29, 0.717) is 17.6 Å². The summed E-state index contributed by atoms with van der Waals surface area (Å²) in [4.78, 5) is 6.54. The van der Waals surface area contributed by atoms with Crippen molar-refractivity contribution in [2.24, 2.45) is 5.73 Å². The van der Waals surface area contributed by atoms with Gasteiger partial charge in [-0.25, -0.2) is 4.98 Å². The lowest BCUT2D eigenvalue weighted by Gasteiger charge is -2.32. The Morgan fingerprint density at radius 2 is 2.24 bits per heavy atom. The van der Waals surface area contributed by atoms with Gasteiger partial charge in [-0.3, -0.25) is 0 Å². The molecule has 2 N–H and O–H groups in total. The van der Waals surface area contributed by atoms with Crippen LogP contribution in [0.1, 0.15) is 18.4 Å². The van der Waals surface area contributed by atoms with Crippen molar-refractivity contribution in [1.82, 2.24) is 4.98 Å². The third kappa shape index (κ3) is 2.89. The second-order valence-electron chi connectivity index (χ2n) is 4.31. The zero-order valence-corrected chi connectivity index (χ0v) is 10.8. The van der Waals surface area contributed by atoms with Crippen molar-refractivity contribution in [3.63, 3.8) is 0 Å². The third-order valence-electron chi connectivity index (χ3n) is 3.19. The lowest BCUT2D eigenvalue weighted by Crippen LogP contribution is -2.37. The summed E-state index contributed by atoms with van der Waals surface area (Å²) < 4.78 is 5.36. The molecule has 17 heavy (non-hydrogen) atoms. The average molecular weight is 256 g/mol. The fourth-order valence-corrected chi connectivity index (χ4v) is 2.41. The summed E-state index contributed by atoms with van der Waals surface area (Å²) in [5.41, 5.74) is 6.52. The van der Waals surface area contributed by atoms with Gasteiger partial charge in [0.2, 0.25) is 0 Å². The summed E-state index contributed by atoms with van der Waals surface area (Å²) in [5, 5.41) is 0.668. The molecule has 1 aliphatic heterocycles. The molecule has 5 heteroatoms. The van der Waals surface area contributed by atoms with Gasteiger partial charge in [-0.2, -0.15) is 0 Å². The minimum absolute atomic E-state index is 0.456. The van der Waals surface area contributed by atoms with E-state index in [2.05, 4.69) is 9.88 Å². The van der Waals surface area contributed by atoms with E-state index in [-0.39, 0.29) is 0 Å². The molecular weight excluding hydrogens is 238 g/mol. The van der Waals surface area contributed by atoms with Crippen molar-refractivity contribution in [2.75, 3.05) is 25.2 Å². The summed E-state index contributed by atoms with van der Waals surface area (Å²) in [5.74, 6) is 0.829. The highest BCUT2D eigenvalue weighted by atomic mass is 35.5. The van der Waals surface area contributed by atoms with Crippen molar-refractivity contribution in [2.45, 2.75) is 25.4 Å². The smallest absolute Gasteiger partial charge is 0.147 e. The Labute approximate surface area is 107 Å². The van der Waals surface area contributed by atoms with E-state index in [1.165, 1.54) is 0 Å². The quantitative estimate of drug-likeness (QED) is 0.895. The van der Waals surface area contributed by atoms with Crippen molar-refractivity contribution in [1.29, 1.82) is 0 Å². The molecule has 0 bridgehead atoms. The molecule has 0 aromatic carbocycles. The average Bonchev–Trinajstić information content (AvgIpc) is 2.39. The molecule has 0 radical (unpaired) electrons. The van der Waals surface area contributed by atoms with Gasteiger partial charge in [0.15, 0.2) is 0 Å². The highest BCUT2D eigenvalue weighted by Crippen LogP contribution is 2.27. The number of aromatic nitrogens is 1. The molecule has 0 amide bonds. The van der Waals surface area contributed by atoms with Crippen LogP contribution in [-0.2, 0) is 11.3 Å². The van der Waals surface area contributed by atoms with E-state index >= 15 is 0 Å². The normalized spacial score (nSPS) is 17.1. The largest absolute Gasteiger partial charge is 0.381 e. The van der Waals surface area contributed by atoms with Crippen LogP contribution in [0.15, 0.2) is 12.3 Å². The predicted molar refractivity (Wildman–Crippen MR) is 69.4 cm³/mol. The fraction of sp³-hybridized carbons (Fsp3) is 0.583. The summed E-state index contributed by atoms with van der Waals surface area (Å²) in [6, 6.07) is 2.34. The van der Waals surface area contributed by atoms with Gasteiger partial charge in [0.1, 0.15) is 5.82 Å². The standard InChI is InChI=1S/C12H18ClN3O/c1-16(10-2-4-17-5-3-10)12-11(13)6-9(7-14)8-15-12/h6,8,10H,2-5,7,14H2,1H3. The lowest BCUT2D eigenvalue weighted by molar-refractivity contribution is 0.0853. The first-order valence-corrected chi connectivity index (χ1v) is 6.25. The van der Waals surface area contributed by atoms with Gasteiger partial charge in [0.05, 0.1) is 5.02 Å². The molecule has 94 valence electrons. The molecule has 1 aromatic heterocycles. The Hall–Kier alpha value is -0.840. The van der Waals surface area contributed by atoms with Crippen LogP contribution < -0.4 is 10.6 Å². The number of ether oxygens (including phenoxy) is 1. The van der Waals surface area contributed by atoms with Crippen LogP contribution in [0.3, 0.4) is 0 Å². The van der Waals surface area contributed by atoms with Crippen LogP contribution in [-0.4, -0.2) is 31.3 Å². The maximum absolute atomic E-state index is 6.23. The number of hydrogen-bond acceptors (Lipinski definition) is 4. The van der Waals surface area contributed by atoms with Crippen LogP contribution >= 0.6 is 11.6 Å². The van der Waals surface area contributed by atoms with Gasteiger partial charge in [0, 0.05) is 39.0 Å². The second-order valence-corrected chi connectivity index (χ2v) is 4.71. The molecule has 0 atom stereocenters. The molecule has 1 aromatic rings. The Bertz CT molecular complexity index is 380. The monoisotopic (exact) mass is 255 g/mol. The first-order valence-electron chi connectivity index (χ1n) is 5.87. The minimum atomic E-state index is 0.456. The Kier molecular flexibility index (Phi) is 4.20. The second kappa shape index (κ2) is 5.67. The number of rotatable bonds is 3. The molecule has 2 rings (SSSR count). The first-order chi connectivity index (χ1) is 8.22. The molecule has 1 fully saturated rings. The predicted octanol–water partition coefficient (Wildman–Crippen LogP) is 1.81. The number of hydrogen-bond donors (Lipinski definition) is 1. The van der Waals surface area contributed by atoms with Crippen molar-refractivity contribution in [3.05, 3.63) is 22.8 Å². The van der Waals surface area contributed by atoms with E-state index < -0.39 is 0 Å². The Morgan fingerprint density at radius 1 is 1.53 bits per heavy atom. The molecular formula is C12H18ClN3O. The topological polar surface area (TPSA) is 51.4 Å². The van der Waals surface area contributed by atoms with Crippen molar-refractivity contribution >= 4 is 17.4 Å². The van der Waals surface area contributed by atoms with Crippen LogP contribution in [0.25, 0.3) is 0 Å². The summed E-state index contributed by atoms with van der Waals surface area (Å²) in [6.45, 7) is 2.09. The van der Waals surface area contributed by atoms with Gasteiger partial charge in [-0.1, -0.05) is 11.6 Å². The number of nitrogens with zero attached hydrogens (tertiary/aromatic N) is 2. The van der Waals surface area contributed by atoms with Gasteiger partial charge < -0.3 is 15.4 Å². The van der Waals surface area contributed by atoms with E-state index in [9.17, 15) is 0 Å². The zero-order valence-electron chi connectivity index (χ0n) is 10.0. The zero-order chi connectivity index (χ0) is 12.3. The van der Waals surface area contributed by atoms with Crippen LogP contribution in [0, 0.1) is 0 Å². The Balaban J connectivity index is 2.15. The highest BCUT2D eigenvalue weighted by molar-refractivity contribution is 6.33. The van der Waals surface area contributed by atoms with Crippen LogP contribution in [0.2, 0.25) is 5.02 Å². The van der Waals surface area contributed by atoms with Gasteiger partial charge >= 0.3 is 0 Å². The molecule has 1 aliphatic rings. The van der Waals surface area contributed by atoms with E-state index in [4.69, 9.17) is 22.1 Å². The summed E-state index contributed by atoms with van der Waals surface area (Å²) in [6.07, 6.45) is 3.83. The molecule has 0 unspecified atom stereocenters. The third-order valence-corrected chi connectivity index (χ3v) is 3.46. The molecule has 0 aliphatic carbocycles. The number of nitrogens with two attached hydrogens (primary N) is 1. The first kappa shape index (κ1) is 12.6. The van der Waals surface area contributed by atoms with Gasteiger partial charge in [0.25, 0.3) is 0 Å². The molecule has 4 nitrogen and oxygen atoms in total.